The van der Waals surface area contributed by atoms with Crippen LogP contribution in [-0.4, -0.2) is 35.6 Å². The summed E-state index contributed by atoms with van der Waals surface area (Å²) in [6.07, 6.45) is 3.48. The molecular formula is C15H24N2O4. The van der Waals surface area contributed by atoms with E-state index in [1.54, 1.807) is 12.1 Å². The molecule has 0 radical (unpaired) electrons. The van der Waals surface area contributed by atoms with Gasteiger partial charge in [0.1, 0.15) is 0 Å². The molecule has 0 unspecified atom stereocenters. The summed E-state index contributed by atoms with van der Waals surface area (Å²) in [4.78, 5) is 23.2. The predicted octanol–water partition coefficient (Wildman–Crippen LogP) is 1.46. The fraction of sp³-hybridized carbons (Fsp3) is 0.600. The van der Waals surface area contributed by atoms with Crippen molar-refractivity contribution in [2.45, 2.75) is 45.1 Å². The van der Waals surface area contributed by atoms with Gasteiger partial charge in [-0.15, -0.1) is 0 Å². The van der Waals surface area contributed by atoms with E-state index in [1.165, 1.54) is 6.26 Å². The van der Waals surface area contributed by atoms with E-state index in [0.717, 1.165) is 0 Å². The van der Waals surface area contributed by atoms with Crippen LogP contribution in [0.3, 0.4) is 0 Å². The van der Waals surface area contributed by atoms with E-state index in [2.05, 4.69) is 10.6 Å². The highest BCUT2D eigenvalue weighted by Crippen LogP contribution is 2.12. The Morgan fingerprint density at radius 3 is 2.57 bits per heavy atom. The molecule has 0 aliphatic rings. The van der Waals surface area contributed by atoms with Crippen LogP contribution in [0, 0.1) is 0 Å². The van der Waals surface area contributed by atoms with Crippen LogP contribution in [0.5, 0.6) is 0 Å². The summed E-state index contributed by atoms with van der Waals surface area (Å²) in [5, 5.41) is 15.4. The van der Waals surface area contributed by atoms with Crippen LogP contribution in [0.25, 0.3) is 0 Å². The fourth-order valence-corrected chi connectivity index (χ4v) is 1.80. The highest BCUT2D eigenvalue weighted by atomic mass is 16.3. The molecule has 0 aromatic carbocycles. The second kappa shape index (κ2) is 8.46. The molecule has 0 saturated heterocycles. The van der Waals surface area contributed by atoms with Gasteiger partial charge < -0.3 is 20.2 Å². The molecule has 1 aromatic heterocycles. The van der Waals surface area contributed by atoms with Crippen molar-refractivity contribution in [3.63, 3.8) is 0 Å². The van der Waals surface area contributed by atoms with Gasteiger partial charge in [-0.05, 0) is 31.4 Å². The van der Waals surface area contributed by atoms with Gasteiger partial charge in [0.05, 0.1) is 11.9 Å². The second-order valence-electron chi connectivity index (χ2n) is 5.04. The summed E-state index contributed by atoms with van der Waals surface area (Å²) in [6.45, 7) is 4.44. The lowest BCUT2D eigenvalue weighted by Crippen LogP contribution is -2.42. The van der Waals surface area contributed by atoms with Gasteiger partial charge in [-0.25, -0.2) is 0 Å². The number of hydrogen-bond donors (Lipinski definition) is 3. The van der Waals surface area contributed by atoms with Gasteiger partial charge in [0.25, 0.3) is 5.91 Å². The maximum absolute atomic E-state index is 11.6. The van der Waals surface area contributed by atoms with Crippen molar-refractivity contribution in [1.29, 1.82) is 0 Å². The molecule has 6 nitrogen and oxygen atoms in total. The van der Waals surface area contributed by atoms with Crippen molar-refractivity contribution in [2.75, 3.05) is 13.1 Å². The number of nitrogens with one attached hydrogen (secondary N) is 2. The summed E-state index contributed by atoms with van der Waals surface area (Å²) < 4.78 is 4.96. The third-order valence-corrected chi connectivity index (χ3v) is 3.54. The molecule has 118 valence electrons. The molecule has 0 aliphatic heterocycles. The van der Waals surface area contributed by atoms with Gasteiger partial charge >= 0.3 is 0 Å². The molecule has 1 rings (SSSR count). The average molecular weight is 296 g/mol. The molecule has 21 heavy (non-hydrogen) atoms. The molecule has 3 N–H and O–H groups in total. The first-order valence-electron chi connectivity index (χ1n) is 7.31. The molecule has 0 fully saturated rings. The Hall–Kier alpha value is -1.82. The minimum Gasteiger partial charge on any atom is -0.459 e. The van der Waals surface area contributed by atoms with Gasteiger partial charge in [-0.3, -0.25) is 9.59 Å². The zero-order valence-electron chi connectivity index (χ0n) is 12.6. The monoisotopic (exact) mass is 296 g/mol. The number of carbonyl (C=O) groups excluding carboxylic acids is 2. The van der Waals surface area contributed by atoms with E-state index >= 15 is 0 Å². The van der Waals surface area contributed by atoms with Crippen molar-refractivity contribution in [2.24, 2.45) is 0 Å². The Bertz CT molecular complexity index is 439. The van der Waals surface area contributed by atoms with Crippen molar-refractivity contribution >= 4 is 11.8 Å². The summed E-state index contributed by atoms with van der Waals surface area (Å²) >= 11 is 0. The highest BCUT2D eigenvalue weighted by Gasteiger charge is 2.22. The SMILES string of the molecule is CCC(O)(CC)CNC(=O)CCCNC(=O)c1ccco1. The van der Waals surface area contributed by atoms with Crippen LogP contribution in [-0.2, 0) is 4.79 Å². The number of rotatable bonds is 9. The van der Waals surface area contributed by atoms with Crippen LogP contribution in [0.2, 0.25) is 0 Å². The minimum absolute atomic E-state index is 0.123. The smallest absolute Gasteiger partial charge is 0.286 e. The summed E-state index contributed by atoms with van der Waals surface area (Å²) in [5.41, 5.74) is -0.830. The topological polar surface area (TPSA) is 91.6 Å². The van der Waals surface area contributed by atoms with Crippen LogP contribution < -0.4 is 10.6 Å². The van der Waals surface area contributed by atoms with Gasteiger partial charge in [-0.2, -0.15) is 0 Å². The molecule has 0 spiro atoms. The standard InChI is InChI=1S/C15H24N2O4/c1-3-15(20,4-2)11-17-13(18)8-5-9-16-14(19)12-7-6-10-21-12/h6-7,10,20H,3-5,8-9,11H2,1-2H3,(H,16,19)(H,17,18). The minimum atomic E-state index is -0.830. The van der Waals surface area contributed by atoms with Crippen LogP contribution in [0.15, 0.2) is 22.8 Å². The Kier molecular flexibility index (Phi) is 6.94. The van der Waals surface area contributed by atoms with E-state index in [9.17, 15) is 14.7 Å². The van der Waals surface area contributed by atoms with Crippen LogP contribution in [0.1, 0.15) is 50.1 Å². The third-order valence-electron chi connectivity index (χ3n) is 3.54. The average Bonchev–Trinajstić information content (AvgIpc) is 3.03. The van der Waals surface area contributed by atoms with Gasteiger partial charge in [-0.1, -0.05) is 13.8 Å². The molecule has 1 heterocycles. The molecule has 6 heteroatoms. The third kappa shape index (κ3) is 5.99. The van der Waals surface area contributed by atoms with Crippen molar-refractivity contribution in [1.82, 2.24) is 10.6 Å². The van der Waals surface area contributed by atoms with E-state index in [0.29, 0.717) is 32.2 Å². The summed E-state index contributed by atoms with van der Waals surface area (Å²) in [5.74, 6) is -0.148. The number of furan rings is 1. The molecule has 0 aliphatic carbocycles. The van der Waals surface area contributed by atoms with Crippen molar-refractivity contribution in [3.05, 3.63) is 24.2 Å². The Balaban J connectivity index is 2.15. The first-order chi connectivity index (χ1) is 10.0. The highest BCUT2D eigenvalue weighted by molar-refractivity contribution is 5.91. The van der Waals surface area contributed by atoms with E-state index in [1.807, 2.05) is 13.8 Å². The Morgan fingerprint density at radius 2 is 2.00 bits per heavy atom. The van der Waals surface area contributed by atoms with Gasteiger partial charge in [0, 0.05) is 19.5 Å². The van der Waals surface area contributed by atoms with E-state index in [4.69, 9.17) is 4.42 Å². The molecule has 1 aromatic rings. The molecule has 0 bridgehead atoms. The molecule has 0 atom stereocenters. The molecule has 0 saturated carbocycles. The Morgan fingerprint density at radius 1 is 1.29 bits per heavy atom. The van der Waals surface area contributed by atoms with Gasteiger partial charge in [0.2, 0.25) is 5.91 Å². The summed E-state index contributed by atoms with van der Waals surface area (Å²) in [7, 11) is 0. The quantitative estimate of drug-likeness (QED) is 0.602. The van der Waals surface area contributed by atoms with E-state index in [-0.39, 0.29) is 24.1 Å². The number of aliphatic hydroxyl groups is 1. The Labute approximate surface area is 124 Å². The second-order valence-corrected chi connectivity index (χ2v) is 5.04. The van der Waals surface area contributed by atoms with Crippen LogP contribution >= 0.6 is 0 Å². The lowest BCUT2D eigenvalue weighted by atomic mass is 9.97. The lowest BCUT2D eigenvalue weighted by Gasteiger charge is -2.25. The summed E-state index contributed by atoms with van der Waals surface area (Å²) in [6, 6.07) is 3.23. The number of hydrogen-bond acceptors (Lipinski definition) is 4. The largest absolute Gasteiger partial charge is 0.459 e. The maximum Gasteiger partial charge on any atom is 0.286 e. The van der Waals surface area contributed by atoms with Gasteiger partial charge in [0.15, 0.2) is 5.76 Å². The first kappa shape index (κ1) is 17.2. The van der Waals surface area contributed by atoms with Crippen LogP contribution in [0.4, 0.5) is 0 Å². The zero-order chi connectivity index (χ0) is 15.7. The number of amides is 2. The molecular weight excluding hydrogens is 272 g/mol. The normalized spacial score (nSPS) is 11.2. The predicted molar refractivity (Wildman–Crippen MR) is 78.8 cm³/mol. The molecule has 2 amide bonds. The zero-order valence-corrected chi connectivity index (χ0v) is 12.6. The maximum atomic E-state index is 11.6. The van der Waals surface area contributed by atoms with Crippen molar-refractivity contribution in [3.8, 4) is 0 Å². The first-order valence-corrected chi connectivity index (χ1v) is 7.31. The fourth-order valence-electron chi connectivity index (χ4n) is 1.80. The number of carbonyl (C=O) groups is 2. The lowest BCUT2D eigenvalue weighted by molar-refractivity contribution is -0.122. The van der Waals surface area contributed by atoms with Crippen molar-refractivity contribution < 1.29 is 19.1 Å². The van der Waals surface area contributed by atoms with E-state index < -0.39 is 5.60 Å².